The van der Waals surface area contributed by atoms with Crippen LogP contribution in [0.1, 0.15) is 15.9 Å². The van der Waals surface area contributed by atoms with Gasteiger partial charge in [0.15, 0.2) is 0 Å². The van der Waals surface area contributed by atoms with Crippen molar-refractivity contribution in [3.8, 4) is 11.5 Å². The molecule has 1 amide bonds. The fourth-order valence-electron chi connectivity index (χ4n) is 2.53. The number of aromatic nitrogens is 2. The van der Waals surface area contributed by atoms with Gasteiger partial charge >= 0.3 is 5.97 Å². The molecule has 0 aliphatic carbocycles. The van der Waals surface area contributed by atoms with Crippen molar-refractivity contribution in [1.29, 1.82) is 0 Å². The first-order valence-electron chi connectivity index (χ1n) is 8.40. The number of carboxylic acids is 1. The molecular formula is C19H16N4O6. The predicted octanol–water partition coefficient (Wildman–Crippen LogP) is 3.23. The first-order valence-corrected chi connectivity index (χ1v) is 8.40. The summed E-state index contributed by atoms with van der Waals surface area (Å²) >= 11 is 0. The number of nitrogens with zero attached hydrogens (tertiary/aromatic N) is 3. The van der Waals surface area contributed by atoms with Gasteiger partial charge in [0.05, 0.1) is 28.4 Å². The Balaban J connectivity index is 1.84. The maximum absolute atomic E-state index is 12.4. The molecule has 0 spiro atoms. The van der Waals surface area contributed by atoms with Crippen LogP contribution in [0.3, 0.4) is 0 Å². The fraction of sp³-hybridized carbons (Fsp3) is 0.105. The number of rotatable bonds is 7. The van der Waals surface area contributed by atoms with E-state index in [0.29, 0.717) is 5.75 Å². The van der Waals surface area contributed by atoms with E-state index in [9.17, 15) is 19.7 Å². The molecule has 0 unspecified atom stereocenters. The van der Waals surface area contributed by atoms with Crippen LogP contribution >= 0.6 is 0 Å². The van der Waals surface area contributed by atoms with Gasteiger partial charge < -0.3 is 15.2 Å². The summed E-state index contributed by atoms with van der Waals surface area (Å²) in [5, 5.41) is 26.3. The molecular weight excluding hydrogens is 380 g/mol. The Morgan fingerprint density at radius 1 is 1.28 bits per heavy atom. The number of carbonyl (C=O) groups excluding carboxylic acids is 1. The largest absolute Gasteiger partial charge is 0.480 e. The minimum absolute atomic E-state index is 0.110. The van der Waals surface area contributed by atoms with Gasteiger partial charge in [-0.25, -0.2) is 0 Å². The molecule has 2 N–H and O–H groups in total. The van der Waals surface area contributed by atoms with E-state index >= 15 is 0 Å². The first-order chi connectivity index (χ1) is 13.8. The SMILES string of the molecule is Cc1ccccc1Oc1cc(NC(=O)c2cnn(CC(=O)O)c2)cc([N+](=O)[O-])c1. The number of carboxylic acid groups (broad SMARTS) is 1. The molecule has 0 bridgehead atoms. The second-order valence-corrected chi connectivity index (χ2v) is 6.11. The summed E-state index contributed by atoms with van der Waals surface area (Å²) in [5.74, 6) is -0.980. The van der Waals surface area contributed by atoms with E-state index in [4.69, 9.17) is 9.84 Å². The van der Waals surface area contributed by atoms with Gasteiger partial charge in [-0.3, -0.25) is 24.4 Å². The molecule has 2 aromatic carbocycles. The zero-order valence-corrected chi connectivity index (χ0v) is 15.2. The zero-order chi connectivity index (χ0) is 21.0. The molecule has 0 atom stereocenters. The smallest absolute Gasteiger partial charge is 0.325 e. The summed E-state index contributed by atoms with van der Waals surface area (Å²) in [6, 6.07) is 11.1. The lowest BCUT2D eigenvalue weighted by atomic mass is 10.2. The molecule has 10 heteroatoms. The van der Waals surface area contributed by atoms with E-state index in [-0.39, 0.29) is 22.7 Å². The minimum atomic E-state index is -1.10. The lowest BCUT2D eigenvalue weighted by Crippen LogP contribution is -2.12. The Hall–Kier alpha value is -4.21. The number of anilines is 1. The molecule has 1 heterocycles. The minimum Gasteiger partial charge on any atom is -0.480 e. The van der Waals surface area contributed by atoms with E-state index in [2.05, 4.69) is 10.4 Å². The lowest BCUT2D eigenvalue weighted by Gasteiger charge is -2.10. The van der Waals surface area contributed by atoms with Crippen LogP contribution < -0.4 is 10.1 Å². The number of amides is 1. The highest BCUT2D eigenvalue weighted by Crippen LogP contribution is 2.31. The number of nitro benzene ring substituents is 1. The number of benzene rings is 2. The Bertz CT molecular complexity index is 1090. The Morgan fingerprint density at radius 3 is 2.72 bits per heavy atom. The maximum atomic E-state index is 12.4. The number of hydrogen-bond donors (Lipinski definition) is 2. The molecule has 0 aliphatic heterocycles. The first kappa shape index (κ1) is 19.5. The van der Waals surface area contributed by atoms with E-state index < -0.39 is 23.3 Å². The van der Waals surface area contributed by atoms with Gasteiger partial charge in [0.1, 0.15) is 18.0 Å². The Morgan fingerprint density at radius 2 is 2.03 bits per heavy atom. The molecule has 1 aromatic heterocycles. The number of hydrogen-bond acceptors (Lipinski definition) is 6. The number of carbonyl (C=O) groups is 2. The average Bonchev–Trinajstić information content (AvgIpc) is 3.11. The monoisotopic (exact) mass is 396 g/mol. The van der Waals surface area contributed by atoms with Crippen molar-refractivity contribution in [1.82, 2.24) is 9.78 Å². The van der Waals surface area contributed by atoms with Crippen molar-refractivity contribution < 1.29 is 24.4 Å². The lowest BCUT2D eigenvalue weighted by molar-refractivity contribution is -0.384. The maximum Gasteiger partial charge on any atom is 0.325 e. The van der Waals surface area contributed by atoms with Crippen LogP contribution in [-0.2, 0) is 11.3 Å². The molecule has 0 aliphatic rings. The molecule has 148 valence electrons. The molecule has 0 radical (unpaired) electrons. The van der Waals surface area contributed by atoms with Crippen molar-refractivity contribution in [2.75, 3.05) is 5.32 Å². The van der Waals surface area contributed by atoms with E-state index in [1.807, 2.05) is 19.1 Å². The normalized spacial score (nSPS) is 10.4. The number of para-hydroxylation sites is 1. The number of nitrogens with one attached hydrogen (secondary N) is 1. The van der Waals surface area contributed by atoms with Crippen LogP contribution in [-0.4, -0.2) is 31.7 Å². The van der Waals surface area contributed by atoms with Crippen molar-refractivity contribution in [3.63, 3.8) is 0 Å². The number of aryl methyl sites for hydroxylation is 1. The zero-order valence-electron chi connectivity index (χ0n) is 15.2. The summed E-state index contributed by atoms with van der Waals surface area (Å²) in [6.07, 6.45) is 2.48. The van der Waals surface area contributed by atoms with Crippen LogP contribution in [0.5, 0.6) is 11.5 Å². The third-order valence-corrected chi connectivity index (χ3v) is 3.87. The van der Waals surface area contributed by atoms with E-state index in [0.717, 1.165) is 10.2 Å². The average molecular weight is 396 g/mol. The number of aliphatic carboxylic acids is 1. The second-order valence-electron chi connectivity index (χ2n) is 6.11. The van der Waals surface area contributed by atoms with Crippen molar-refractivity contribution in [2.24, 2.45) is 0 Å². The number of ether oxygens (including phenoxy) is 1. The summed E-state index contributed by atoms with van der Waals surface area (Å²) in [6.45, 7) is 1.45. The van der Waals surface area contributed by atoms with Crippen molar-refractivity contribution in [2.45, 2.75) is 13.5 Å². The highest BCUT2D eigenvalue weighted by atomic mass is 16.6. The van der Waals surface area contributed by atoms with Gasteiger partial charge in [-0.05, 0) is 18.6 Å². The van der Waals surface area contributed by atoms with Crippen LogP contribution in [0.25, 0.3) is 0 Å². The third-order valence-electron chi connectivity index (χ3n) is 3.87. The van der Waals surface area contributed by atoms with Crippen LogP contribution in [0.4, 0.5) is 11.4 Å². The summed E-state index contributed by atoms with van der Waals surface area (Å²) in [4.78, 5) is 33.8. The Kier molecular flexibility index (Phi) is 5.54. The fourth-order valence-corrected chi connectivity index (χ4v) is 2.53. The third kappa shape index (κ3) is 4.95. The number of non-ortho nitro benzene ring substituents is 1. The molecule has 0 fully saturated rings. The second kappa shape index (κ2) is 8.21. The molecule has 3 rings (SSSR count). The van der Waals surface area contributed by atoms with Gasteiger partial charge in [-0.2, -0.15) is 5.10 Å². The summed E-state index contributed by atoms with van der Waals surface area (Å²) in [5.41, 5.74) is 0.848. The quantitative estimate of drug-likeness (QED) is 0.462. The molecule has 0 saturated heterocycles. The molecule has 3 aromatic rings. The molecule has 0 saturated carbocycles. The van der Waals surface area contributed by atoms with Crippen molar-refractivity contribution in [3.05, 3.63) is 76.1 Å². The van der Waals surface area contributed by atoms with Gasteiger partial charge in [0, 0.05) is 18.3 Å². The predicted molar refractivity (Wildman–Crippen MR) is 102 cm³/mol. The molecule has 29 heavy (non-hydrogen) atoms. The van der Waals surface area contributed by atoms with Crippen LogP contribution in [0.15, 0.2) is 54.9 Å². The Labute approximate surface area is 164 Å². The van der Waals surface area contributed by atoms with Crippen LogP contribution in [0, 0.1) is 17.0 Å². The van der Waals surface area contributed by atoms with Gasteiger partial charge in [-0.15, -0.1) is 0 Å². The molecule has 10 nitrogen and oxygen atoms in total. The summed E-state index contributed by atoms with van der Waals surface area (Å²) in [7, 11) is 0. The summed E-state index contributed by atoms with van der Waals surface area (Å²) < 4.78 is 6.83. The standard InChI is InChI=1S/C19H16N4O6/c1-12-4-2-3-5-17(12)29-16-7-14(6-15(8-16)23(27)28)21-19(26)13-9-20-22(10-13)11-18(24)25/h2-10H,11H2,1H3,(H,21,26)(H,24,25). The van der Waals surface area contributed by atoms with Gasteiger partial charge in [-0.1, -0.05) is 18.2 Å². The highest BCUT2D eigenvalue weighted by molar-refractivity contribution is 6.04. The van der Waals surface area contributed by atoms with E-state index in [1.165, 1.54) is 30.6 Å². The highest BCUT2D eigenvalue weighted by Gasteiger charge is 2.16. The van der Waals surface area contributed by atoms with Crippen molar-refractivity contribution >= 4 is 23.3 Å². The van der Waals surface area contributed by atoms with Gasteiger partial charge in [0.2, 0.25) is 0 Å². The number of nitro groups is 1. The van der Waals surface area contributed by atoms with Crippen LogP contribution in [0.2, 0.25) is 0 Å². The topological polar surface area (TPSA) is 137 Å². The van der Waals surface area contributed by atoms with Gasteiger partial charge in [0.25, 0.3) is 11.6 Å². The van der Waals surface area contributed by atoms with E-state index in [1.54, 1.807) is 12.1 Å².